The van der Waals surface area contributed by atoms with Crippen LogP contribution in [-0.2, 0) is 18.8 Å². The van der Waals surface area contributed by atoms with Crippen LogP contribution in [0.4, 0.5) is 0 Å². The summed E-state index contributed by atoms with van der Waals surface area (Å²) >= 11 is 0. The van der Waals surface area contributed by atoms with Crippen LogP contribution in [0.1, 0.15) is 40.5 Å². The van der Waals surface area contributed by atoms with E-state index in [1.54, 1.807) is 13.8 Å². The summed E-state index contributed by atoms with van der Waals surface area (Å²) in [7, 11) is -1.11. The lowest BCUT2D eigenvalue weighted by Crippen LogP contribution is -2.40. The molecule has 1 saturated heterocycles. The molecule has 0 spiro atoms. The van der Waals surface area contributed by atoms with Crippen molar-refractivity contribution in [2.45, 2.75) is 45.6 Å². The van der Waals surface area contributed by atoms with Gasteiger partial charge in [0, 0.05) is 6.61 Å². The van der Waals surface area contributed by atoms with Crippen molar-refractivity contribution in [3.8, 4) is 0 Å². The Morgan fingerprint density at radius 2 is 1.88 bits per heavy atom. The molecule has 0 bridgehead atoms. The zero-order valence-corrected chi connectivity index (χ0v) is 11.9. The standard InChI is InChI=1S/C11H20O4Si/c1-5-7-11(16-14-6-2)9(13)15-8(12)10(11,3)4/h5-7,16H2,1-4H3. The summed E-state index contributed by atoms with van der Waals surface area (Å²) < 4.78 is 10.3. The van der Waals surface area contributed by atoms with Gasteiger partial charge in [-0.25, -0.2) is 0 Å². The molecule has 0 aromatic heterocycles. The lowest BCUT2D eigenvalue weighted by atomic mass is 9.77. The first kappa shape index (κ1) is 13.4. The Morgan fingerprint density at radius 1 is 1.25 bits per heavy atom. The van der Waals surface area contributed by atoms with E-state index in [9.17, 15) is 9.59 Å². The molecule has 1 fully saturated rings. The van der Waals surface area contributed by atoms with Gasteiger partial charge in [0.05, 0.1) is 10.5 Å². The van der Waals surface area contributed by atoms with Crippen molar-refractivity contribution in [3.63, 3.8) is 0 Å². The molecule has 1 heterocycles. The van der Waals surface area contributed by atoms with Crippen LogP contribution in [0.25, 0.3) is 0 Å². The second-order valence-corrected chi connectivity index (χ2v) is 6.68. The van der Waals surface area contributed by atoms with E-state index in [0.29, 0.717) is 13.0 Å². The highest BCUT2D eigenvalue weighted by atomic mass is 28.2. The Morgan fingerprint density at radius 3 is 2.25 bits per heavy atom. The predicted octanol–water partition coefficient (Wildman–Crippen LogP) is 1.18. The fourth-order valence-corrected chi connectivity index (χ4v) is 3.93. The van der Waals surface area contributed by atoms with Crippen LogP contribution < -0.4 is 0 Å². The van der Waals surface area contributed by atoms with Crippen molar-refractivity contribution in [2.75, 3.05) is 6.61 Å². The topological polar surface area (TPSA) is 52.6 Å². The normalized spacial score (nSPS) is 29.0. The summed E-state index contributed by atoms with van der Waals surface area (Å²) in [5.74, 6) is -0.775. The van der Waals surface area contributed by atoms with E-state index < -0.39 is 26.2 Å². The molecule has 0 aromatic rings. The minimum Gasteiger partial charge on any atom is -0.423 e. The summed E-state index contributed by atoms with van der Waals surface area (Å²) in [4.78, 5) is 23.6. The molecule has 4 nitrogen and oxygen atoms in total. The Kier molecular flexibility index (Phi) is 3.91. The number of cyclic esters (lactones) is 2. The minimum atomic E-state index is -1.11. The Balaban J connectivity index is 3.05. The van der Waals surface area contributed by atoms with E-state index in [4.69, 9.17) is 9.16 Å². The molecule has 1 unspecified atom stereocenters. The molecular weight excluding hydrogens is 224 g/mol. The maximum absolute atomic E-state index is 11.9. The molecule has 0 aromatic carbocycles. The number of carbonyl (C=O) groups excluding carboxylic acids is 2. The van der Waals surface area contributed by atoms with Crippen molar-refractivity contribution in [1.29, 1.82) is 0 Å². The number of esters is 2. The van der Waals surface area contributed by atoms with E-state index in [1.165, 1.54) is 0 Å². The second kappa shape index (κ2) is 4.67. The van der Waals surface area contributed by atoms with E-state index in [0.717, 1.165) is 6.42 Å². The molecule has 1 aliphatic rings. The third-order valence-electron chi connectivity index (χ3n) is 3.51. The first-order valence-corrected chi connectivity index (χ1v) is 7.05. The van der Waals surface area contributed by atoms with Crippen LogP contribution in [0, 0.1) is 5.41 Å². The number of rotatable bonds is 5. The van der Waals surface area contributed by atoms with Gasteiger partial charge in [-0.15, -0.1) is 0 Å². The molecule has 1 atom stereocenters. The highest BCUT2D eigenvalue weighted by Gasteiger charge is 2.63. The molecule has 1 aliphatic heterocycles. The van der Waals surface area contributed by atoms with Crippen molar-refractivity contribution in [3.05, 3.63) is 0 Å². The monoisotopic (exact) mass is 244 g/mol. The van der Waals surface area contributed by atoms with E-state index in [-0.39, 0.29) is 5.97 Å². The average Bonchev–Trinajstić information content (AvgIpc) is 2.37. The fraction of sp³-hybridized carbons (Fsp3) is 0.818. The van der Waals surface area contributed by atoms with Crippen molar-refractivity contribution < 1.29 is 18.8 Å². The van der Waals surface area contributed by atoms with Crippen molar-refractivity contribution in [2.24, 2.45) is 5.41 Å². The fourth-order valence-electron chi connectivity index (χ4n) is 2.19. The number of hydrogen-bond donors (Lipinski definition) is 0. The molecule has 16 heavy (non-hydrogen) atoms. The van der Waals surface area contributed by atoms with Crippen LogP contribution in [-0.4, -0.2) is 28.3 Å². The van der Waals surface area contributed by atoms with Gasteiger partial charge in [0.15, 0.2) is 9.76 Å². The molecule has 1 rings (SSSR count). The largest absolute Gasteiger partial charge is 0.423 e. The van der Waals surface area contributed by atoms with Gasteiger partial charge < -0.3 is 9.16 Å². The SMILES string of the molecule is CCCC1([SiH2]OCC)C(=O)OC(=O)C1(C)C. The number of hydrogen-bond acceptors (Lipinski definition) is 4. The number of ether oxygens (including phenoxy) is 1. The summed E-state index contributed by atoms with van der Waals surface area (Å²) in [6, 6.07) is 0. The lowest BCUT2D eigenvalue weighted by molar-refractivity contribution is -0.154. The first-order valence-electron chi connectivity index (χ1n) is 5.77. The van der Waals surface area contributed by atoms with E-state index in [2.05, 4.69) is 0 Å². The first-order chi connectivity index (χ1) is 7.42. The van der Waals surface area contributed by atoms with Gasteiger partial charge in [-0.05, 0) is 27.2 Å². The maximum Gasteiger partial charge on any atom is 0.320 e. The average molecular weight is 244 g/mol. The third kappa shape index (κ3) is 1.82. The smallest absolute Gasteiger partial charge is 0.320 e. The van der Waals surface area contributed by atoms with Gasteiger partial charge in [0.2, 0.25) is 0 Å². The summed E-state index contributed by atoms with van der Waals surface area (Å²) in [6.07, 6.45) is 1.53. The predicted molar refractivity (Wildman–Crippen MR) is 62.7 cm³/mol. The van der Waals surface area contributed by atoms with Crippen LogP contribution in [0.5, 0.6) is 0 Å². The molecule has 0 amide bonds. The Hall–Kier alpha value is -0.683. The van der Waals surface area contributed by atoms with E-state index >= 15 is 0 Å². The highest BCUT2D eigenvalue weighted by molar-refractivity contribution is 6.44. The van der Waals surface area contributed by atoms with Gasteiger partial charge in [-0.2, -0.15) is 0 Å². The van der Waals surface area contributed by atoms with Gasteiger partial charge in [0.25, 0.3) is 0 Å². The molecule has 0 N–H and O–H groups in total. The minimum absolute atomic E-state index is 0.371. The molecule has 92 valence electrons. The van der Waals surface area contributed by atoms with Gasteiger partial charge in [0.1, 0.15) is 0 Å². The van der Waals surface area contributed by atoms with Gasteiger partial charge in [-0.1, -0.05) is 13.3 Å². The van der Waals surface area contributed by atoms with Gasteiger partial charge >= 0.3 is 11.9 Å². The quantitative estimate of drug-likeness (QED) is 0.414. The summed E-state index contributed by atoms with van der Waals surface area (Å²) in [5.41, 5.74) is -0.735. The zero-order chi connectivity index (χ0) is 12.4. The molecule has 0 saturated carbocycles. The molecular formula is C11H20O4Si. The third-order valence-corrected chi connectivity index (χ3v) is 6.14. The van der Waals surface area contributed by atoms with Crippen LogP contribution >= 0.6 is 0 Å². The molecule has 0 radical (unpaired) electrons. The number of carbonyl (C=O) groups is 2. The second-order valence-electron chi connectivity index (χ2n) is 4.77. The summed E-state index contributed by atoms with van der Waals surface area (Å²) in [6.45, 7) is 8.09. The van der Waals surface area contributed by atoms with Crippen LogP contribution in [0.15, 0.2) is 0 Å². The van der Waals surface area contributed by atoms with E-state index in [1.807, 2.05) is 13.8 Å². The van der Waals surface area contributed by atoms with Gasteiger partial charge in [-0.3, -0.25) is 9.59 Å². The van der Waals surface area contributed by atoms with Crippen LogP contribution in [0.3, 0.4) is 0 Å². The molecule has 0 aliphatic carbocycles. The molecule has 5 heteroatoms. The zero-order valence-electron chi connectivity index (χ0n) is 10.5. The van der Waals surface area contributed by atoms with Crippen LogP contribution in [0.2, 0.25) is 5.04 Å². The highest BCUT2D eigenvalue weighted by Crippen LogP contribution is 2.55. The maximum atomic E-state index is 11.9. The lowest BCUT2D eigenvalue weighted by Gasteiger charge is -2.33. The van der Waals surface area contributed by atoms with Crippen molar-refractivity contribution in [1.82, 2.24) is 0 Å². The Labute approximate surface area is 98.6 Å². The summed E-state index contributed by atoms with van der Waals surface area (Å²) in [5, 5.41) is -0.672. The van der Waals surface area contributed by atoms with Crippen molar-refractivity contribution >= 4 is 21.7 Å². The Bertz CT molecular complexity index is 300.